The van der Waals surface area contributed by atoms with Crippen molar-refractivity contribution in [2.24, 2.45) is 5.92 Å². The summed E-state index contributed by atoms with van der Waals surface area (Å²) in [6.07, 6.45) is 20.6. The largest absolute Gasteiger partial charge is 0.494 e. The number of carbonyl (C=O) groups is 6. The molecule has 0 spiro atoms. The number of likely N-dealkylation sites (tertiary alicyclic amines) is 1. The first-order valence-electron chi connectivity index (χ1n) is 30.3. The molecule has 7 rings (SSSR count). The molecule has 3 fully saturated rings. The van der Waals surface area contributed by atoms with E-state index in [0.717, 1.165) is 102 Å². The first-order chi connectivity index (χ1) is 39.0. The molecule has 1 aromatic carbocycles. The molecule has 450 valence electrons. The summed E-state index contributed by atoms with van der Waals surface area (Å²) < 4.78 is 21.0. The second kappa shape index (κ2) is 29.3. The fraction of sp³-hybridized carbons (Fsp3) is 0.661. The Kier molecular flexibility index (Phi) is 22.6. The van der Waals surface area contributed by atoms with Gasteiger partial charge in [-0.1, -0.05) is 76.3 Å². The van der Waals surface area contributed by atoms with Crippen molar-refractivity contribution in [3.05, 3.63) is 75.6 Å². The summed E-state index contributed by atoms with van der Waals surface area (Å²) in [5, 5.41) is 20.8. The van der Waals surface area contributed by atoms with Crippen LogP contribution in [0.2, 0.25) is 0 Å². The van der Waals surface area contributed by atoms with Crippen molar-refractivity contribution in [1.82, 2.24) is 45.0 Å². The number of aromatic nitrogens is 5. The van der Waals surface area contributed by atoms with Gasteiger partial charge in [-0.2, -0.15) is 10.2 Å². The van der Waals surface area contributed by atoms with Crippen LogP contribution in [-0.4, -0.2) is 120 Å². The third kappa shape index (κ3) is 18.1. The maximum absolute atomic E-state index is 14.5. The van der Waals surface area contributed by atoms with E-state index in [1.165, 1.54) is 42.5 Å². The molecule has 0 radical (unpaired) electrons. The van der Waals surface area contributed by atoms with E-state index in [2.05, 4.69) is 41.8 Å². The van der Waals surface area contributed by atoms with Gasteiger partial charge in [-0.05, 0) is 138 Å². The third-order valence-electron chi connectivity index (χ3n) is 15.8. The normalized spacial score (nSPS) is 18.5. The molecular formula is C62H92N10O9S. The number of amides is 5. The van der Waals surface area contributed by atoms with E-state index < -0.39 is 35.8 Å². The molecule has 3 aromatic heterocycles. The number of rotatable bonds is 26. The molecular weight excluding hydrogens is 1060 g/mol. The van der Waals surface area contributed by atoms with Gasteiger partial charge in [-0.15, -0.1) is 11.3 Å². The molecule has 0 unspecified atom stereocenters. The van der Waals surface area contributed by atoms with Gasteiger partial charge in [-0.25, -0.2) is 19.3 Å². The Morgan fingerprint density at radius 1 is 0.817 bits per heavy atom. The van der Waals surface area contributed by atoms with Gasteiger partial charge in [0.25, 0.3) is 5.91 Å². The molecule has 2 saturated carbocycles. The summed E-state index contributed by atoms with van der Waals surface area (Å²) in [4.78, 5) is 88.4. The van der Waals surface area contributed by atoms with Gasteiger partial charge < -0.3 is 35.1 Å². The maximum Gasteiger partial charge on any atom is 0.410 e. The number of alkyl carbamates (subject to hydrolysis) is 1. The summed E-state index contributed by atoms with van der Waals surface area (Å²) >= 11 is 1.38. The smallest absolute Gasteiger partial charge is 0.410 e. The molecule has 3 aliphatic rings. The van der Waals surface area contributed by atoms with Gasteiger partial charge in [0.05, 0.1) is 35.6 Å². The van der Waals surface area contributed by atoms with Crippen LogP contribution in [-0.2, 0) is 31.1 Å². The summed E-state index contributed by atoms with van der Waals surface area (Å²) in [5.41, 5.74) is 1.12. The predicted octanol–water partition coefficient (Wildman–Crippen LogP) is 12.1. The Balaban J connectivity index is 0.780. The van der Waals surface area contributed by atoms with E-state index in [-0.39, 0.29) is 53.2 Å². The van der Waals surface area contributed by atoms with Crippen LogP contribution < -0.4 is 20.7 Å². The SMILES string of the molecule is CC(C)NC(=O)O[C@@H]1CC[C@H](c2cc(NC(=O)c3cnn(CCCCCCCCCCCOc4cccc(C(=O)c5csc([C@@H]6CCCN6C(=O)[C@@H](NC(=O)[C@H](C)N(C)C(=O)OC(C)(C)C)C6CCCCC6)n5)c4)c3)n(C(C)(C)C)n2)C1. The Morgan fingerprint density at radius 3 is 2.22 bits per heavy atom. The number of aryl methyl sites for hydroxylation is 1. The van der Waals surface area contributed by atoms with Crippen molar-refractivity contribution in [2.45, 2.75) is 238 Å². The molecule has 5 amide bonds. The Morgan fingerprint density at radius 2 is 1.52 bits per heavy atom. The number of benzene rings is 1. The number of thiazole rings is 1. The number of unbranched alkanes of at least 4 members (excludes halogenated alkanes) is 8. The molecule has 3 N–H and O–H groups in total. The lowest BCUT2D eigenvalue weighted by Gasteiger charge is -2.36. The number of carbonyl (C=O) groups excluding carboxylic acids is 6. The van der Waals surface area contributed by atoms with Crippen LogP contribution in [0.3, 0.4) is 0 Å². The number of ketones is 1. The highest BCUT2D eigenvalue weighted by atomic mass is 32.1. The molecule has 19 nitrogen and oxygen atoms in total. The van der Waals surface area contributed by atoms with Gasteiger partial charge in [0.15, 0.2) is 0 Å². The van der Waals surface area contributed by atoms with Crippen molar-refractivity contribution in [1.29, 1.82) is 0 Å². The zero-order chi connectivity index (χ0) is 59.1. The zero-order valence-corrected chi connectivity index (χ0v) is 51.2. The van der Waals surface area contributed by atoms with Gasteiger partial charge in [-0.3, -0.25) is 28.8 Å². The molecule has 1 saturated heterocycles. The fourth-order valence-electron chi connectivity index (χ4n) is 11.2. The first kappa shape index (κ1) is 63.3. The molecule has 82 heavy (non-hydrogen) atoms. The van der Waals surface area contributed by atoms with Crippen LogP contribution >= 0.6 is 11.3 Å². The second-order valence-electron chi connectivity index (χ2n) is 25.1. The van der Waals surface area contributed by atoms with Crippen molar-refractivity contribution >= 4 is 52.8 Å². The van der Waals surface area contributed by atoms with E-state index in [0.29, 0.717) is 59.4 Å². The van der Waals surface area contributed by atoms with Gasteiger partial charge in [0, 0.05) is 55.3 Å². The van der Waals surface area contributed by atoms with Crippen LogP contribution in [0.15, 0.2) is 48.1 Å². The Bertz CT molecular complexity index is 2770. The van der Waals surface area contributed by atoms with Gasteiger partial charge in [0.2, 0.25) is 17.6 Å². The van der Waals surface area contributed by atoms with Crippen LogP contribution in [0, 0.1) is 5.92 Å². The van der Waals surface area contributed by atoms with Crippen molar-refractivity contribution in [2.75, 3.05) is 25.5 Å². The molecule has 2 aliphatic carbocycles. The number of likely N-dealkylation sites (N-methyl/N-ethyl adjacent to an activating group) is 1. The topological polar surface area (TPSA) is 221 Å². The highest BCUT2D eigenvalue weighted by Crippen LogP contribution is 2.39. The Hall–Kier alpha value is -6.31. The van der Waals surface area contributed by atoms with Gasteiger partial charge >= 0.3 is 12.2 Å². The lowest BCUT2D eigenvalue weighted by molar-refractivity contribution is -0.140. The van der Waals surface area contributed by atoms with Crippen LogP contribution in [0.25, 0.3) is 0 Å². The number of nitrogens with zero attached hydrogens (tertiary/aromatic N) is 7. The van der Waals surface area contributed by atoms with Crippen molar-refractivity contribution < 1.29 is 43.0 Å². The highest BCUT2D eigenvalue weighted by molar-refractivity contribution is 7.10. The quantitative estimate of drug-likeness (QED) is 0.0395. The summed E-state index contributed by atoms with van der Waals surface area (Å²) in [6, 6.07) is 7.31. The van der Waals surface area contributed by atoms with E-state index in [1.807, 2.05) is 52.5 Å². The fourth-order valence-corrected chi connectivity index (χ4v) is 12.2. The molecule has 4 aromatic rings. The number of nitrogens with one attached hydrogen (secondary N) is 3. The monoisotopic (exact) mass is 1150 g/mol. The molecule has 20 heteroatoms. The number of hydrogen-bond acceptors (Lipinski definition) is 13. The third-order valence-corrected chi connectivity index (χ3v) is 16.7. The molecule has 5 atom stereocenters. The minimum Gasteiger partial charge on any atom is -0.494 e. The minimum atomic E-state index is -0.853. The number of ether oxygens (including phenoxy) is 3. The van der Waals surface area contributed by atoms with Crippen molar-refractivity contribution in [3.8, 4) is 5.75 Å². The summed E-state index contributed by atoms with van der Waals surface area (Å²) in [7, 11) is 1.53. The second-order valence-corrected chi connectivity index (χ2v) is 26.0. The maximum atomic E-state index is 14.5. The van der Waals surface area contributed by atoms with Crippen LogP contribution in [0.1, 0.15) is 233 Å². The standard InChI is InChI=1S/C62H92N10O9S/c1-41(2)64-59(77)80-48-31-30-44(35-48)49-37-52(72(68-49)61(4,5)6)66-56(75)46-38-63-70(39-46)32-21-16-14-12-11-13-15-17-22-34-79-47-28-23-27-45(36-47)54(73)50-40-82-57(65-50)51-29-24-33-71(51)58(76)53(43-25-19-18-20-26-43)67-55(74)42(3)69(10)60(78)81-62(7,8)9/h23,27-28,36-44,48,51,53H,11-22,24-26,29-35H2,1-10H3,(H,64,77)(H,66,75)(H,67,74)/t42-,44-,48+,51-,53-/m0/s1. The number of hydrogen-bond donors (Lipinski definition) is 3. The first-order valence-corrected chi connectivity index (χ1v) is 31.1. The molecule has 1 aliphatic heterocycles. The molecule has 0 bridgehead atoms. The van der Waals surface area contributed by atoms with Crippen LogP contribution in [0.5, 0.6) is 5.75 Å². The average molecular weight is 1150 g/mol. The van der Waals surface area contributed by atoms with E-state index in [9.17, 15) is 28.8 Å². The lowest BCUT2D eigenvalue weighted by Crippen LogP contribution is -2.56. The van der Waals surface area contributed by atoms with E-state index >= 15 is 0 Å². The van der Waals surface area contributed by atoms with E-state index in [4.69, 9.17) is 24.3 Å². The van der Waals surface area contributed by atoms with Crippen molar-refractivity contribution in [3.63, 3.8) is 0 Å². The molecule has 4 heterocycles. The highest BCUT2D eigenvalue weighted by Gasteiger charge is 2.41. The summed E-state index contributed by atoms with van der Waals surface area (Å²) in [5.74, 6) is 0.390. The average Bonchev–Trinajstić information content (AvgIpc) is 4.49. The minimum absolute atomic E-state index is 0.0107. The van der Waals surface area contributed by atoms with E-state index in [1.54, 1.807) is 51.4 Å². The lowest BCUT2D eigenvalue weighted by atomic mass is 9.83. The predicted molar refractivity (Wildman–Crippen MR) is 317 cm³/mol. The van der Waals surface area contributed by atoms with Gasteiger partial charge in [0.1, 0.15) is 46.1 Å². The summed E-state index contributed by atoms with van der Waals surface area (Å²) in [6.45, 7) is 18.8. The van der Waals surface area contributed by atoms with Crippen LogP contribution in [0.4, 0.5) is 15.4 Å². The Labute approximate surface area is 489 Å². The number of anilines is 1. The zero-order valence-electron chi connectivity index (χ0n) is 50.4.